The van der Waals surface area contributed by atoms with E-state index in [4.69, 9.17) is 16.3 Å². The van der Waals surface area contributed by atoms with E-state index < -0.39 is 0 Å². The minimum Gasteiger partial charge on any atom is -0.483 e. The Hall–Kier alpha value is -2.07. The van der Waals surface area contributed by atoms with Gasteiger partial charge in [0.2, 0.25) is 0 Å². The van der Waals surface area contributed by atoms with E-state index >= 15 is 0 Å². The molecule has 4 nitrogen and oxygen atoms in total. The Morgan fingerprint density at radius 2 is 2.11 bits per heavy atom. The van der Waals surface area contributed by atoms with E-state index in [0.29, 0.717) is 11.4 Å². The average molecular weight is 277 g/mol. The summed E-state index contributed by atoms with van der Waals surface area (Å²) in [5.74, 6) is 0.410. The first kappa shape index (κ1) is 13.4. The second kappa shape index (κ2) is 6.20. The maximum absolute atomic E-state index is 11.7. The van der Waals surface area contributed by atoms with Crippen LogP contribution in [-0.2, 0) is 4.79 Å². The maximum Gasteiger partial charge on any atom is 0.262 e. The van der Waals surface area contributed by atoms with Gasteiger partial charge in [-0.15, -0.1) is 0 Å². The summed E-state index contributed by atoms with van der Waals surface area (Å²) in [4.78, 5) is 15.6. The molecule has 1 heterocycles. The van der Waals surface area contributed by atoms with Crippen LogP contribution in [0.5, 0.6) is 5.75 Å². The van der Waals surface area contributed by atoms with E-state index in [1.54, 1.807) is 18.3 Å². The molecule has 1 amide bonds. The molecule has 0 spiro atoms. The number of nitrogens with one attached hydrogen (secondary N) is 1. The Balaban J connectivity index is 1.92. The quantitative estimate of drug-likeness (QED) is 0.873. The smallest absolute Gasteiger partial charge is 0.262 e. The number of benzene rings is 1. The third kappa shape index (κ3) is 3.69. The van der Waals surface area contributed by atoms with E-state index in [1.807, 2.05) is 31.2 Å². The lowest BCUT2D eigenvalue weighted by atomic mass is 10.2. The Bertz CT molecular complexity index is 587. The van der Waals surface area contributed by atoms with Crippen molar-refractivity contribution >= 4 is 23.2 Å². The molecule has 1 aromatic heterocycles. The summed E-state index contributed by atoms with van der Waals surface area (Å²) in [6.07, 6.45) is 1.56. The number of carbonyl (C=O) groups is 1. The zero-order valence-electron chi connectivity index (χ0n) is 10.4. The fourth-order valence-corrected chi connectivity index (χ4v) is 1.69. The molecule has 2 aromatic rings. The van der Waals surface area contributed by atoms with Gasteiger partial charge < -0.3 is 10.1 Å². The van der Waals surface area contributed by atoms with Crippen molar-refractivity contribution in [2.24, 2.45) is 0 Å². The molecule has 0 aliphatic carbocycles. The van der Waals surface area contributed by atoms with E-state index in [-0.39, 0.29) is 17.7 Å². The van der Waals surface area contributed by atoms with Crippen LogP contribution in [0.2, 0.25) is 5.15 Å². The van der Waals surface area contributed by atoms with Gasteiger partial charge in [0.15, 0.2) is 11.8 Å². The van der Waals surface area contributed by atoms with Crippen molar-refractivity contribution in [1.29, 1.82) is 0 Å². The molecule has 0 radical (unpaired) electrons. The van der Waals surface area contributed by atoms with Crippen LogP contribution in [0.3, 0.4) is 0 Å². The van der Waals surface area contributed by atoms with Crippen molar-refractivity contribution in [2.75, 3.05) is 11.9 Å². The van der Waals surface area contributed by atoms with E-state index in [9.17, 15) is 4.79 Å². The number of aromatic nitrogens is 1. The van der Waals surface area contributed by atoms with Gasteiger partial charge in [0.25, 0.3) is 5.91 Å². The molecule has 0 unspecified atom stereocenters. The zero-order valence-corrected chi connectivity index (χ0v) is 11.1. The lowest BCUT2D eigenvalue weighted by molar-refractivity contribution is -0.118. The van der Waals surface area contributed by atoms with Gasteiger partial charge in [-0.2, -0.15) is 0 Å². The first-order valence-electron chi connectivity index (χ1n) is 5.75. The molecule has 1 aromatic carbocycles. The molecule has 0 saturated carbocycles. The first-order valence-corrected chi connectivity index (χ1v) is 6.13. The van der Waals surface area contributed by atoms with Gasteiger partial charge >= 0.3 is 0 Å². The number of pyridine rings is 1. The minimum absolute atomic E-state index is 0.0733. The summed E-state index contributed by atoms with van der Waals surface area (Å²) in [6, 6.07) is 10.9. The number of anilines is 1. The van der Waals surface area contributed by atoms with Crippen LogP contribution in [0.4, 0.5) is 5.69 Å². The summed E-state index contributed by atoms with van der Waals surface area (Å²) < 4.78 is 5.44. The minimum atomic E-state index is -0.279. The van der Waals surface area contributed by atoms with Gasteiger partial charge in [0.05, 0.1) is 5.69 Å². The number of para-hydroxylation sites is 1. The summed E-state index contributed by atoms with van der Waals surface area (Å²) in [6.45, 7) is 1.85. The number of ether oxygens (including phenoxy) is 1. The summed E-state index contributed by atoms with van der Waals surface area (Å²) >= 11 is 5.84. The van der Waals surface area contributed by atoms with E-state index in [1.165, 1.54) is 0 Å². The van der Waals surface area contributed by atoms with Crippen molar-refractivity contribution in [3.8, 4) is 5.75 Å². The molecule has 1 N–H and O–H groups in total. The lowest BCUT2D eigenvalue weighted by Crippen LogP contribution is -2.20. The summed E-state index contributed by atoms with van der Waals surface area (Å²) in [5.41, 5.74) is 1.46. The highest BCUT2D eigenvalue weighted by Gasteiger charge is 2.07. The van der Waals surface area contributed by atoms with Crippen LogP contribution in [-0.4, -0.2) is 17.5 Å². The Morgan fingerprint density at radius 3 is 2.84 bits per heavy atom. The third-order valence-electron chi connectivity index (χ3n) is 2.49. The molecule has 0 saturated heterocycles. The van der Waals surface area contributed by atoms with Crippen LogP contribution in [0, 0.1) is 6.92 Å². The van der Waals surface area contributed by atoms with E-state index in [2.05, 4.69) is 10.3 Å². The number of carbonyl (C=O) groups excluding carboxylic acids is 1. The highest BCUT2D eigenvalue weighted by Crippen LogP contribution is 2.18. The normalized spacial score (nSPS) is 10.0. The molecular formula is C14H13ClN2O2. The molecule has 0 aliphatic rings. The highest BCUT2D eigenvalue weighted by molar-refractivity contribution is 6.32. The number of aryl methyl sites for hydroxylation is 1. The summed E-state index contributed by atoms with van der Waals surface area (Å²) in [5, 5.41) is 2.90. The van der Waals surface area contributed by atoms with Crippen molar-refractivity contribution in [3.63, 3.8) is 0 Å². The fourth-order valence-electron chi connectivity index (χ4n) is 1.53. The highest BCUT2D eigenvalue weighted by atomic mass is 35.5. The predicted molar refractivity (Wildman–Crippen MR) is 74.6 cm³/mol. The van der Waals surface area contributed by atoms with Gasteiger partial charge in [-0.1, -0.05) is 29.8 Å². The van der Waals surface area contributed by atoms with Gasteiger partial charge in [0, 0.05) is 6.20 Å². The monoisotopic (exact) mass is 276 g/mol. The van der Waals surface area contributed by atoms with Gasteiger partial charge in [-0.25, -0.2) is 4.98 Å². The molecule has 0 fully saturated rings. The van der Waals surface area contributed by atoms with Gasteiger partial charge in [-0.3, -0.25) is 4.79 Å². The summed E-state index contributed by atoms with van der Waals surface area (Å²) in [7, 11) is 0. The molecule has 5 heteroatoms. The largest absolute Gasteiger partial charge is 0.483 e. The van der Waals surface area contributed by atoms with Crippen LogP contribution in [0.25, 0.3) is 0 Å². The standard InChI is InChI=1S/C14H13ClN2O2/c1-10-5-2-3-7-12(10)19-9-13(18)17-11-6-4-8-16-14(11)15/h2-8H,9H2,1H3,(H,17,18). The average Bonchev–Trinajstić information content (AvgIpc) is 2.40. The number of hydrogen-bond acceptors (Lipinski definition) is 3. The van der Waals surface area contributed by atoms with Gasteiger partial charge in [-0.05, 0) is 30.7 Å². The molecule has 0 bridgehead atoms. The number of halogens is 1. The van der Waals surface area contributed by atoms with Crippen LogP contribution >= 0.6 is 11.6 Å². The predicted octanol–water partition coefficient (Wildman–Crippen LogP) is 3.06. The molecule has 19 heavy (non-hydrogen) atoms. The van der Waals surface area contributed by atoms with Crippen molar-refractivity contribution < 1.29 is 9.53 Å². The molecular weight excluding hydrogens is 264 g/mol. The number of hydrogen-bond donors (Lipinski definition) is 1. The van der Waals surface area contributed by atoms with Crippen molar-refractivity contribution in [1.82, 2.24) is 4.98 Å². The number of amides is 1. The maximum atomic E-state index is 11.7. The van der Waals surface area contributed by atoms with Gasteiger partial charge in [0.1, 0.15) is 5.75 Å². The Labute approximate surface area is 116 Å². The Morgan fingerprint density at radius 1 is 1.32 bits per heavy atom. The topological polar surface area (TPSA) is 51.2 Å². The molecule has 2 rings (SSSR count). The SMILES string of the molecule is Cc1ccccc1OCC(=O)Nc1cccnc1Cl. The first-order chi connectivity index (χ1) is 9.16. The Kier molecular flexibility index (Phi) is 4.36. The zero-order chi connectivity index (χ0) is 13.7. The van der Waals surface area contributed by atoms with Crippen LogP contribution in [0.15, 0.2) is 42.6 Å². The fraction of sp³-hybridized carbons (Fsp3) is 0.143. The van der Waals surface area contributed by atoms with E-state index in [0.717, 1.165) is 5.56 Å². The van der Waals surface area contributed by atoms with Crippen molar-refractivity contribution in [2.45, 2.75) is 6.92 Å². The second-order valence-electron chi connectivity index (χ2n) is 3.94. The molecule has 98 valence electrons. The third-order valence-corrected chi connectivity index (χ3v) is 2.79. The molecule has 0 aliphatic heterocycles. The number of nitrogens with zero attached hydrogens (tertiary/aromatic N) is 1. The van der Waals surface area contributed by atoms with Crippen LogP contribution in [0.1, 0.15) is 5.56 Å². The molecule has 0 atom stereocenters. The van der Waals surface area contributed by atoms with Crippen LogP contribution < -0.4 is 10.1 Å². The second-order valence-corrected chi connectivity index (χ2v) is 4.30. The lowest BCUT2D eigenvalue weighted by Gasteiger charge is -2.09. The number of rotatable bonds is 4. The van der Waals surface area contributed by atoms with Crippen molar-refractivity contribution in [3.05, 3.63) is 53.3 Å².